The van der Waals surface area contributed by atoms with Crippen molar-refractivity contribution >= 4 is 0 Å². The molecule has 1 unspecified atom stereocenters. The summed E-state index contributed by atoms with van der Waals surface area (Å²) in [5.74, 6) is -5.22. The van der Waals surface area contributed by atoms with Gasteiger partial charge in [0.1, 0.15) is 0 Å². The average molecular weight is 194 g/mol. The molecule has 0 bridgehead atoms. The van der Waals surface area contributed by atoms with Gasteiger partial charge < -0.3 is 0 Å². The maximum atomic E-state index is 12.2. The summed E-state index contributed by atoms with van der Waals surface area (Å²) in [7, 11) is 0. The number of rotatable bonds is 3. The third kappa shape index (κ3) is 2.28. The van der Waals surface area contributed by atoms with E-state index in [1.54, 1.807) is 0 Å². The highest BCUT2D eigenvalue weighted by molar-refractivity contribution is 4.83. The Labute approximate surface area is 65.6 Å². The van der Waals surface area contributed by atoms with Crippen LogP contribution in [0.5, 0.6) is 0 Å². The van der Waals surface area contributed by atoms with E-state index >= 15 is 0 Å². The third-order valence-electron chi connectivity index (χ3n) is 1.31. The van der Waals surface area contributed by atoms with Crippen molar-refractivity contribution in [1.29, 1.82) is 0 Å². The number of hydrogen-bond acceptors (Lipinski definition) is 0. The molecular formula is C6H8F6. The van der Waals surface area contributed by atoms with Gasteiger partial charge in [-0.25, -0.2) is 4.39 Å². The number of hydrogen-bond donors (Lipinski definition) is 0. The third-order valence-corrected chi connectivity index (χ3v) is 1.31. The average Bonchev–Trinajstić information content (AvgIpc) is 1.85. The Balaban J connectivity index is 4.38. The molecule has 0 aliphatic carbocycles. The molecule has 0 saturated carbocycles. The van der Waals surface area contributed by atoms with Crippen molar-refractivity contribution in [3.63, 3.8) is 0 Å². The lowest BCUT2D eigenvalue weighted by atomic mass is 10.1. The zero-order valence-electron chi connectivity index (χ0n) is 6.26. The van der Waals surface area contributed by atoms with Crippen molar-refractivity contribution in [3.05, 3.63) is 0 Å². The molecule has 0 aromatic carbocycles. The minimum Gasteiger partial charge on any atom is -0.240 e. The van der Waals surface area contributed by atoms with Crippen LogP contribution in [-0.2, 0) is 0 Å². The van der Waals surface area contributed by atoms with E-state index in [1.807, 2.05) is 0 Å². The highest BCUT2D eigenvalue weighted by atomic mass is 19.4. The minimum absolute atomic E-state index is 0.0488. The summed E-state index contributed by atoms with van der Waals surface area (Å²) >= 11 is 0. The smallest absolute Gasteiger partial charge is 0.240 e. The molecule has 0 radical (unpaired) electrons. The van der Waals surface area contributed by atoms with Crippen molar-refractivity contribution < 1.29 is 26.3 Å². The monoisotopic (exact) mass is 194 g/mol. The van der Waals surface area contributed by atoms with Crippen LogP contribution < -0.4 is 0 Å². The molecule has 0 aliphatic heterocycles. The van der Waals surface area contributed by atoms with Gasteiger partial charge in [-0.15, -0.1) is 0 Å². The zero-order valence-corrected chi connectivity index (χ0v) is 6.26. The van der Waals surface area contributed by atoms with Gasteiger partial charge in [-0.3, -0.25) is 0 Å². The van der Waals surface area contributed by atoms with Gasteiger partial charge in [-0.1, -0.05) is 13.3 Å². The summed E-state index contributed by atoms with van der Waals surface area (Å²) in [5.41, 5.74) is 0. The molecule has 0 heterocycles. The first kappa shape index (κ1) is 11.6. The summed E-state index contributed by atoms with van der Waals surface area (Å²) in [6, 6.07) is 0. The van der Waals surface area contributed by atoms with E-state index < -0.39 is 24.7 Å². The Morgan fingerprint density at radius 2 is 1.50 bits per heavy atom. The van der Waals surface area contributed by atoms with Crippen molar-refractivity contribution in [2.24, 2.45) is 0 Å². The van der Waals surface area contributed by atoms with Crippen LogP contribution in [0.15, 0.2) is 0 Å². The Hall–Kier alpha value is -0.420. The zero-order chi connectivity index (χ0) is 9.99. The first-order valence-electron chi connectivity index (χ1n) is 3.32. The van der Waals surface area contributed by atoms with Gasteiger partial charge >= 0.3 is 12.1 Å². The van der Waals surface area contributed by atoms with Gasteiger partial charge in [0.2, 0.25) is 0 Å². The van der Waals surface area contributed by atoms with Gasteiger partial charge in [0, 0.05) is 0 Å². The topological polar surface area (TPSA) is 0 Å². The Bertz CT molecular complexity index is 137. The van der Waals surface area contributed by atoms with Crippen LogP contribution in [0.25, 0.3) is 0 Å². The number of alkyl halides is 6. The lowest BCUT2D eigenvalue weighted by Gasteiger charge is -2.22. The van der Waals surface area contributed by atoms with Crippen LogP contribution in [0.1, 0.15) is 19.8 Å². The van der Waals surface area contributed by atoms with Crippen molar-refractivity contribution in [1.82, 2.24) is 0 Å². The quantitative estimate of drug-likeness (QED) is 0.604. The molecular weight excluding hydrogens is 186 g/mol. The highest BCUT2D eigenvalue weighted by Gasteiger charge is 2.62. The minimum atomic E-state index is -5.79. The molecule has 0 saturated heterocycles. The Kier molecular flexibility index (Phi) is 3.41. The lowest BCUT2D eigenvalue weighted by molar-refractivity contribution is -0.303. The molecule has 12 heavy (non-hydrogen) atoms. The normalized spacial score (nSPS) is 16.2. The maximum absolute atomic E-state index is 12.2. The van der Waals surface area contributed by atoms with Gasteiger partial charge in [-0.05, 0) is 6.42 Å². The van der Waals surface area contributed by atoms with Crippen molar-refractivity contribution in [3.8, 4) is 0 Å². The second-order valence-electron chi connectivity index (χ2n) is 2.38. The molecule has 1 atom stereocenters. The van der Waals surface area contributed by atoms with Gasteiger partial charge in [-0.2, -0.15) is 22.0 Å². The predicted octanol–water partition coefficient (Wildman–Crippen LogP) is 3.32. The SMILES string of the molecule is CCCC(F)C(F)(F)C(F)(F)F. The summed E-state index contributed by atoms with van der Waals surface area (Å²) in [6.45, 7) is 1.33. The molecule has 0 N–H and O–H groups in total. The maximum Gasteiger partial charge on any atom is 0.456 e. The molecule has 74 valence electrons. The summed E-state index contributed by atoms with van der Waals surface area (Å²) in [5, 5.41) is 0. The van der Waals surface area contributed by atoms with Gasteiger partial charge in [0.05, 0.1) is 0 Å². The molecule has 0 nitrogen and oxygen atoms in total. The first-order chi connectivity index (χ1) is 5.23. The van der Waals surface area contributed by atoms with Gasteiger partial charge in [0.25, 0.3) is 0 Å². The number of halogens is 6. The summed E-state index contributed by atoms with van der Waals surface area (Å²) in [4.78, 5) is 0. The van der Waals surface area contributed by atoms with Crippen LogP contribution in [0.3, 0.4) is 0 Å². The van der Waals surface area contributed by atoms with E-state index in [1.165, 1.54) is 6.92 Å². The fourth-order valence-electron chi connectivity index (χ4n) is 0.612. The molecule has 0 fully saturated rings. The molecule has 0 amide bonds. The molecule has 0 rings (SSSR count). The van der Waals surface area contributed by atoms with Crippen LogP contribution in [-0.4, -0.2) is 18.3 Å². The molecule has 0 aromatic heterocycles. The fourth-order valence-corrected chi connectivity index (χ4v) is 0.612. The van der Waals surface area contributed by atoms with E-state index in [9.17, 15) is 26.3 Å². The highest BCUT2D eigenvalue weighted by Crippen LogP contribution is 2.40. The molecule has 0 aromatic rings. The first-order valence-corrected chi connectivity index (χ1v) is 3.32. The Morgan fingerprint density at radius 1 is 1.08 bits per heavy atom. The molecule has 0 aliphatic rings. The van der Waals surface area contributed by atoms with Crippen LogP contribution >= 0.6 is 0 Å². The van der Waals surface area contributed by atoms with Gasteiger partial charge in [0.15, 0.2) is 6.17 Å². The fraction of sp³-hybridized carbons (Fsp3) is 1.00. The van der Waals surface area contributed by atoms with E-state index in [0.29, 0.717) is 0 Å². The van der Waals surface area contributed by atoms with Crippen LogP contribution in [0, 0.1) is 0 Å². The van der Waals surface area contributed by atoms with Crippen LogP contribution in [0.2, 0.25) is 0 Å². The van der Waals surface area contributed by atoms with Crippen molar-refractivity contribution in [2.75, 3.05) is 0 Å². The molecule has 6 heteroatoms. The van der Waals surface area contributed by atoms with Crippen LogP contribution in [0.4, 0.5) is 26.3 Å². The van der Waals surface area contributed by atoms with E-state index in [0.717, 1.165) is 0 Å². The Morgan fingerprint density at radius 3 is 1.75 bits per heavy atom. The second kappa shape index (κ2) is 3.53. The van der Waals surface area contributed by atoms with E-state index in [-0.39, 0.29) is 6.42 Å². The summed E-state index contributed by atoms with van der Waals surface area (Å²) < 4.78 is 70.5. The standard InChI is InChI=1S/C6H8F6/c1-2-3-4(7)5(8,9)6(10,11)12/h4H,2-3H2,1H3. The summed E-state index contributed by atoms with van der Waals surface area (Å²) in [6.07, 6.45) is -9.76. The largest absolute Gasteiger partial charge is 0.456 e. The van der Waals surface area contributed by atoms with Crippen molar-refractivity contribution in [2.45, 2.75) is 38.0 Å². The predicted molar refractivity (Wildman–Crippen MR) is 30.8 cm³/mol. The van der Waals surface area contributed by atoms with E-state index in [4.69, 9.17) is 0 Å². The van der Waals surface area contributed by atoms with E-state index in [2.05, 4.69) is 0 Å². The molecule has 0 spiro atoms. The lowest BCUT2D eigenvalue weighted by Crippen LogP contribution is -2.44. The second-order valence-corrected chi connectivity index (χ2v) is 2.38.